The van der Waals surface area contributed by atoms with E-state index >= 15 is 0 Å². The Labute approximate surface area is 125 Å². The van der Waals surface area contributed by atoms with Crippen molar-refractivity contribution in [1.29, 1.82) is 0 Å². The number of hydrogen-bond donors (Lipinski definition) is 2. The molecule has 1 rings (SSSR count). The Balaban J connectivity index is 2.45. The van der Waals surface area contributed by atoms with Crippen LogP contribution in [0.1, 0.15) is 13.8 Å². The van der Waals surface area contributed by atoms with E-state index in [4.69, 9.17) is 5.73 Å². The lowest BCUT2D eigenvalue weighted by atomic mass is 10.3. The molecule has 1 aromatic rings. The fourth-order valence-electron chi connectivity index (χ4n) is 2.03. The summed E-state index contributed by atoms with van der Waals surface area (Å²) in [5, 5.41) is 2.76. The monoisotopic (exact) mass is 292 g/mol. The van der Waals surface area contributed by atoms with Gasteiger partial charge in [-0.2, -0.15) is 0 Å². The molecule has 0 saturated heterocycles. The van der Waals surface area contributed by atoms with E-state index in [2.05, 4.69) is 5.32 Å². The standard InChI is InChI=1S/C15H24N4O2/c1-4-19(5-2)15(21)11-18(3)10-14(20)17-13-8-6-7-12(16)9-13/h6-9H,4-5,10-11,16H2,1-3H3,(H,17,20). The lowest BCUT2D eigenvalue weighted by Crippen LogP contribution is -2.41. The second kappa shape index (κ2) is 8.26. The molecule has 0 aliphatic carbocycles. The average molecular weight is 292 g/mol. The minimum atomic E-state index is -0.171. The summed E-state index contributed by atoms with van der Waals surface area (Å²) >= 11 is 0. The molecule has 6 nitrogen and oxygen atoms in total. The van der Waals surface area contributed by atoms with E-state index in [1.807, 2.05) is 13.8 Å². The summed E-state index contributed by atoms with van der Waals surface area (Å²) in [6, 6.07) is 7.00. The Bertz CT molecular complexity index is 486. The highest BCUT2D eigenvalue weighted by Crippen LogP contribution is 2.11. The van der Waals surface area contributed by atoms with Crippen LogP contribution in [-0.2, 0) is 9.59 Å². The van der Waals surface area contributed by atoms with Crippen LogP contribution < -0.4 is 11.1 Å². The zero-order chi connectivity index (χ0) is 15.8. The first-order valence-corrected chi connectivity index (χ1v) is 7.08. The first-order valence-electron chi connectivity index (χ1n) is 7.08. The van der Waals surface area contributed by atoms with Gasteiger partial charge in [0.2, 0.25) is 11.8 Å². The van der Waals surface area contributed by atoms with E-state index in [1.54, 1.807) is 41.1 Å². The van der Waals surface area contributed by atoms with Crippen molar-refractivity contribution in [3.05, 3.63) is 24.3 Å². The quantitative estimate of drug-likeness (QED) is 0.735. The van der Waals surface area contributed by atoms with Crippen molar-refractivity contribution in [3.8, 4) is 0 Å². The molecular formula is C15H24N4O2. The Kier molecular flexibility index (Phi) is 6.68. The second-order valence-electron chi connectivity index (χ2n) is 4.91. The Hall–Kier alpha value is -2.08. The number of anilines is 2. The van der Waals surface area contributed by atoms with Gasteiger partial charge in [0.25, 0.3) is 0 Å². The summed E-state index contributed by atoms with van der Waals surface area (Å²) in [6.45, 7) is 5.62. The molecule has 0 spiro atoms. The number of nitrogen functional groups attached to an aromatic ring is 1. The Morgan fingerprint density at radius 2 is 1.86 bits per heavy atom. The maximum atomic E-state index is 11.9. The number of nitrogens with zero attached hydrogens (tertiary/aromatic N) is 2. The van der Waals surface area contributed by atoms with Crippen molar-refractivity contribution in [2.24, 2.45) is 0 Å². The third-order valence-corrected chi connectivity index (χ3v) is 3.11. The van der Waals surface area contributed by atoms with Gasteiger partial charge in [0, 0.05) is 24.5 Å². The molecule has 21 heavy (non-hydrogen) atoms. The molecule has 1 aromatic carbocycles. The first-order chi connectivity index (χ1) is 9.96. The molecule has 2 amide bonds. The Morgan fingerprint density at radius 3 is 2.43 bits per heavy atom. The van der Waals surface area contributed by atoms with Crippen molar-refractivity contribution >= 4 is 23.2 Å². The van der Waals surface area contributed by atoms with Gasteiger partial charge in [0.15, 0.2) is 0 Å². The molecule has 0 aliphatic rings. The van der Waals surface area contributed by atoms with E-state index in [9.17, 15) is 9.59 Å². The smallest absolute Gasteiger partial charge is 0.238 e. The summed E-state index contributed by atoms with van der Waals surface area (Å²) in [5.74, 6) is -0.144. The van der Waals surface area contributed by atoms with Gasteiger partial charge in [0.05, 0.1) is 13.1 Å². The predicted octanol–water partition coefficient (Wildman–Crippen LogP) is 1.01. The predicted molar refractivity (Wildman–Crippen MR) is 84.9 cm³/mol. The molecule has 0 unspecified atom stereocenters. The number of carbonyl (C=O) groups is 2. The first kappa shape index (κ1) is 17.0. The lowest BCUT2D eigenvalue weighted by molar-refractivity contribution is -0.132. The van der Waals surface area contributed by atoms with E-state index < -0.39 is 0 Å². The maximum absolute atomic E-state index is 11.9. The number of likely N-dealkylation sites (N-methyl/N-ethyl adjacent to an activating group) is 2. The highest BCUT2D eigenvalue weighted by atomic mass is 16.2. The number of hydrogen-bond acceptors (Lipinski definition) is 4. The minimum Gasteiger partial charge on any atom is -0.399 e. The molecule has 0 heterocycles. The van der Waals surface area contributed by atoms with Crippen molar-refractivity contribution < 1.29 is 9.59 Å². The molecular weight excluding hydrogens is 268 g/mol. The number of benzene rings is 1. The molecule has 116 valence electrons. The van der Waals surface area contributed by atoms with Gasteiger partial charge in [-0.3, -0.25) is 14.5 Å². The van der Waals surface area contributed by atoms with Crippen LogP contribution in [0.4, 0.5) is 11.4 Å². The minimum absolute atomic E-state index is 0.0271. The van der Waals surface area contributed by atoms with Crippen LogP contribution in [0.2, 0.25) is 0 Å². The van der Waals surface area contributed by atoms with E-state index in [-0.39, 0.29) is 24.9 Å². The highest BCUT2D eigenvalue weighted by Gasteiger charge is 2.14. The van der Waals surface area contributed by atoms with Gasteiger partial charge in [0.1, 0.15) is 0 Å². The molecule has 3 N–H and O–H groups in total. The van der Waals surface area contributed by atoms with Gasteiger partial charge in [-0.15, -0.1) is 0 Å². The van der Waals surface area contributed by atoms with Gasteiger partial charge < -0.3 is 16.0 Å². The van der Waals surface area contributed by atoms with Gasteiger partial charge >= 0.3 is 0 Å². The summed E-state index contributed by atoms with van der Waals surface area (Å²) in [5.41, 5.74) is 6.90. The molecule has 0 radical (unpaired) electrons. The van der Waals surface area contributed by atoms with Crippen LogP contribution in [0.15, 0.2) is 24.3 Å². The van der Waals surface area contributed by atoms with Crippen molar-refractivity contribution in [2.45, 2.75) is 13.8 Å². The van der Waals surface area contributed by atoms with E-state index in [1.165, 1.54) is 0 Å². The van der Waals surface area contributed by atoms with Crippen LogP contribution in [0.5, 0.6) is 0 Å². The summed E-state index contributed by atoms with van der Waals surface area (Å²) in [6.07, 6.45) is 0. The number of carbonyl (C=O) groups excluding carboxylic acids is 2. The van der Waals surface area contributed by atoms with Crippen LogP contribution in [0, 0.1) is 0 Å². The third-order valence-electron chi connectivity index (χ3n) is 3.11. The van der Waals surface area contributed by atoms with E-state index in [0.29, 0.717) is 24.5 Å². The van der Waals surface area contributed by atoms with Gasteiger partial charge in [-0.1, -0.05) is 6.07 Å². The number of amides is 2. The lowest BCUT2D eigenvalue weighted by Gasteiger charge is -2.22. The molecule has 0 aromatic heterocycles. The van der Waals surface area contributed by atoms with Gasteiger partial charge in [-0.25, -0.2) is 0 Å². The zero-order valence-corrected chi connectivity index (χ0v) is 12.9. The normalized spacial score (nSPS) is 10.5. The van der Waals surface area contributed by atoms with Crippen LogP contribution in [-0.4, -0.2) is 54.8 Å². The summed E-state index contributed by atoms with van der Waals surface area (Å²) < 4.78 is 0. The number of rotatable bonds is 7. The molecule has 0 fully saturated rings. The number of nitrogens with one attached hydrogen (secondary N) is 1. The van der Waals surface area contributed by atoms with Crippen molar-refractivity contribution in [2.75, 3.05) is 44.3 Å². The topological polar surface area (TPSA) is 78.7 Å². The molecule has 6 heteroatoms. The molecule has 0 aliphatic heterocycles. The highest BCUT2D eigenvalue weighted by molar-refractivity contribution is 5.93. The molecule has 0 atom stereocenters. The summed E-state index contributed by atoms with van der Waals surface area (Å²) in [4.78, 5) is 27.3. The molecule has 0 bridgehead atoms. The van der Waals surface area contributed by atoms with E-state index in [0.717, 1.165) is 0 Å². The SMILES string of the molecule is CCN(CC)C(=O)CN(C)CC(=O)Nc1cccc(N)c1. The number of nitrogens with two attached hydrogens (primary N) is 1. The third kappa shape index (κ3) is 5.83. The maximum Gasteiger partial charge on any atom is 0.238 e. The average Bonchev–Trinajstić information content (AvgIpc) is 2.39. The zero-order valence-electron chi connectivity index (χ0n) is 12.9. The fourth-order valence-corrected chi connectivity index (χ4v) is 2.03. The largest absolute Gasteiger partial charge is 0.399 e. The van der Waals surface area contributed by atoms with Crippen molar-refractivity contribution in [3.63, 3.8) is 0 Å². The summed E-state index contributed by atoms with van der Waals surface area (Å²) in [7, 11) is 1.75. The molecule has 0 saturated carbocycles. The van der Waals surface area contributed by atoms with Crippen LogP contribution >= 0.6 is 0 Å². The Morgan fingerprint density at radius 1 is 1.19 bits per heavy atom. The second-order valence-corrected chi connectivity index (χ2v) is 4.91. The van der Waals surface area contributed by atoms with Gasteiger partial charge in [-0.05, 0) is 39.1 Å². The van der Waals surface area contributed by atoms with Crippen LogP contribution in [0.3, 0.4) is 0 Å². The van der Waals surface area contributed by atoms with Crippen molar-refractivity contribution in [1.82, 2.24) is 9.80 Å². The van der Waals surface area contributed by atoms with Crippen LogP contribution in [0.25, 0.3) is 0 Å². The fraction of sp³-hybridized carbons (Fsp3) is 0.467.